The quantitative estimate of drug-likeness (QED) is 0.711. The van der Waals surface area contributed by atoms with Gasteiger partial charge in [-0.3, -0.25) is 0 Å². The van der Waals surface area contributed by atoms with Crippen LogP contribution in [0.15, 0.2) is 23.5 Å². The summed E-state index contributed by atoms with van der Waals surface area (Å²) in [6, 6.07) is 0. The number of aliphatic hydroxyl groups excluding tert-OH is 2. The van der Waals surface area contributed by atoms with Crippen molar-refractivity contribution >= 4 is 0 Å². The second-order valence-corrected chi connectivity index (χ2v) is 6.44. The Morgan fingerprint density at radius 2 is 2.05 bits per heavy atom. The third-order valence-corrected chi connectivity index (χ3v) is 4.63. The van der Waals surface area contributed by atoms with Crippen molar-refractivity contribution in [3.8, 4) is 0 Å². The number of methoxy groups -OCH3 is 1. The number of aliphatic hydroxyl groups is 3. The van der Waals surface area contributed by atoms with Crippen LogP contribution in [0.2, 0.25) is 0 Å². The second kappa shape index (κ2) is 6.48. The Morgan fingerprint density at radius 3 is 2.67 bits per heavy atom. The number of nitrogens with zero attached hydrogens (tertiary/aromatic N) is 1. The molecule has 0 spiro atoms. The smallest absolute Gasteiger partial charge is 0.117 e. The molecule has 0 aromatic heterocycles. The van der Waals surface area contributed by atoms with Crippen LogP contribution in [0.5, 0.6) is 0 Å². The van der Waals surface area contributed by atoms with Gasteiger partial charge >= 0.3 is 0 Å². The molecule has 0 heterocycles. The SMILES string of the molecule is COC1=CC(O)C(O)C(C2(O)CCCCC2CN(C)C)=C1. The van der Waals surface area contributed by atoms with Crippen LogP contribution in [0.1, 0.15) is 25.7 Å². The van der Waals surface area contributed by atoms with Crippen molar-refractivity contribution in [1.29, 1.82) is 0 Å². The Kier molecular flexibility index (Phi) is 5.09. The van der Waals surface area contributed by atoms with Crippen molar-refractivity contribution in [1.82, 2.24) is 4.90 Å². The lowest BCUT2D eigenvalue weighted by Gasteiger charge is -2.45. The van der Waals surface area contributed by atoms with E-state index in [1.165, 1.54) is 13.2 Å². The molecule has 120 valence electrons. The third-order valence-electron chi connectivity index (χ3n) is 4.63. The van der Waals surface area contributed by atoms with Gasteiger partial charge in [-0.25, -0.2) is 0 Å². The zero-order valence-corrected chi connectivity index (χ0v) is 13.1. The molecule has 4 unspecified atom stereocenters. The lowest BCUT2D eigenvalue weighted by Crippen LogP contribution is -2.51. The highest BCUT2D eigenvalue weighted by Gasteiger charge is 2.46. The highest BCUT2D eigenvalue weighted by molar-refractivity contribution is 5.36. The maximum absolute atomic E-state index is 11.3. The highest BCUT2D eigenvalue weighted by Crippen LogP contribution is 2.42. The molecule has 4 atom stereocenters. The van der Waals surface area contributed by atoms with E-state index in [1.807, 2.05) is 14.1 Å². The molecular formula is C16H27NO4. The second-order valence-electron chi connectivity index (χ2n) is 6.44. The summed E-state index contributed by atoms with van der Waals surface area (Å²) in [7, 11) is 5.48. The fraction of sp³-hybridized carbons (Fsp3) is 0.750. The topological polar surface area (TPSA) is 73.2 Å². The molecule has 0 bridgehead atoms. The number of hydrogen-bond acceptors (Lipinski definition) is 5. The fourth-order valence-electron chi connectivity index (χ4n) is 3.53. The highest BCUT2D eigenvalue weighted by atomic mass is 16.5. The normalized spacial score (nSPS) is 37.2. The minimum atomic E-state index is -1.08. The van der Waals surface area contributed by atoms with E-state index in [-0.39, 0.29) is 5.92 Å². The largest absolute Gasteiger partial charge is 0.497 e. The van der Waals surface area contributed by atoms with Crippen LogP contribution in [0.4, 0.5) is 0 Å². The third kappa shape index (κ3) is 3.31. The van der Waals surface area contributed by atoms with E-state index in [0.717, 1.165) is 25.8 Å². The van der Waals surface area contributed by atoms with Gasteiger partial charge in [-0.2, -0.15) is 0 Å². The van der Waals surface area contributed by atoms with E-state index in [9.17, 15) is 15.3 Å². The fourth-order valence-corrected chi connectivity index (χ4v) is 3.53. The van der Waals surface area contributed by atoms with Gasteiger partial charge < -0.3 is 25.0 Å². The molecule has 21 heavy (non-hydrogen) atoms. The van der Waals surface area contributed by atoms with Gasteiger partial charge in [-0.05, 0) is 44.7 Å². The number of rotatable bonds is 4. The summed E-state index contributed by atoms with van der Waals surface area (Å²) in [4.78, 5) is 2.06. The van der Waals surface area contributed by atoms with Gasteiger partial charge in [0.2, 0.25) is 0 Å². The van der Waals surface area contributed by atoms with Gasteiger partial charge in [0, 0.05) is 12.5 Å². The van der Waals surface area contributed by atoms with Gasteiger partial charge in [0.25, 0.3) is 0 Å². The van der Waals surface area contributed by atoms with Crippen LogP contribution in [0.25, 0.3) is 0 Å². The van der Waals surface area contributed by atoms with Gasteiger partial charge in [0.15, 0.2) is 0 Å². The standard InChI is InChI=1S/C16H27NO4/c1-17(2)10-11-6-4-5-7-16(11,20)13-8-12(21-3)9-14(18)15(13)19/h8-9,11,14-15,18-20H,4-7,10H2,1-3H3. The van der Waals surface area contributed by atoms with Crippen LogP contribution in [-0.4, -0.2) is 65.8 Å². The Bertz CT molecular complexity index is 432. The summed E-state index contributed by atoms with van der Waals surface area (Å²) < 4.78 is 5.18. The van der Waals surface area contributed by atoms with Crippen molar-refractivity contribution < 1.29 is 20.1 Å². The number of allylic oxidation sites excluding steroid dienone is 1. The monoisotopic (exact) mass is 297 g/mol. The van der Waals surface area contributed by atoms with Gasteiger partial charge in [-0.1, -0.05) is 12.8 Å². The molecule has 1 fully saturated rings. The maximum Gasteiger partial charge on any atom is 0.117 e. The molecule has 0 saturated heterocycles. The number of ether oxygens (including phenoxy) is 1. The van der Waals surface area contributed by atoms with Crippen molar-refractivity contribution in [3.05, 3.63) is 23.5 Å². The van der Waals surface area contributed by atoms with Crippen LogP contribution in [-0.2, 0) is 4.74 Å². The lowest BCUT2D eigenvalue weighted by molar-refractivity contribution is -0.0533. The van der Waals surface area contributed by atoms with E-state index in [4.69, 9.17) is 4.74 Å². The van der Waals surface area contributed by atoms with Crippen molar-refractivity contribution in [3.63, 3.8) is 0 Å². The summed E-state index contributed by atoms with van der Waals surface area (Å²) in [5.41, 5.74) is -0.595. The molecule has 0 aromatic rings. The molecule has 0 aliphatic heterocycles. The molecular weight excluding hydrogens is 270 g/mol. The molecule has 2 aliphatic carbocycles. The van der Waals surface area contributed by atoms with Crippen LogP contribution in [0.3, 0.4) is 0 Å². The molecule has 3 N–H and O–H groups in total. The zero-order valence-electron chi connectivity index (χ0n) is 13.1. The summed E-state index contributed by atoms with van der Waals surface area (Å²) in [6.45, 7) is 0.753. The number of hydrogen-bond donors (Lipinski definition) is 3. The predicted molar refractivity (Wildman–Crippen MR) is 80.7 cm³/mol. The van der Waals surface area contributed by atoms with Crippen LogP contribution >= 0.6 is 0 Å². The Labute approximate surface area is 126 Å². The average Bonchev–Trinajstić information content (AvgIpc) is 2.43. The minimum Gasteiger partial charge on any atom is -0.497 e. The molecule has 5 nitrogen and oxygen atoms in total. The molecule has 1 saturated carbocycles. The first kappa shape index (κ1) is 16.5. The summed E-state index contributed by atoms with van der Waals surface area (Å²) >= 11 is 0. The van der Waals surface area contributed by atoms with Gasteiger partial charge in [0.05, 0.1) is 12.7 Å². The molecule has 2 aliphatic rings. The van der Waals surface area contributed by atoms with E-state index in [1.54, 1.807) is 6.08 Å². The Hall–Kier alpha value is -0.880. The van der Waals surface area contributed by atoms with Crippen molar-refractivity contribution in [2.24, 2.45) is 5.92 Å². The molecule has 0 amide bonds. The minimum absolute atomic E-state index is 0.0468. The van der Waals surface area contributed by atoms with E-state index in [0.29, 0.717) is 17.8 Å². The Balaban J connectivity index is 2.34. The van der Waals surface area contributed by atoms with Crippen molar-refractivity contribution in [2.45, 2.75) is 43.5 Å². The maximum atomic E-state index is 11.3. The molecule has 5 heteroatoms. The van der Waals surface area contributed by atoms with Crippen LogP contribution < -0.4 is 0 Å². The first-order chi connectivity index (χ1) is 9.88. The summed E-state index contributed by atoms with van der Waals surface area (Å²) in [5, 5.41) is 31.6. The Morgan fingerprint density at radius 1 is 1.33 bits per heavy atom. The average molecular weight is 297 g/mol. The van der Waals surface area contributed by atoms with E-state index in [2.05, 4.69) is 4.90 Å². The molecule has 0 radical (unpaired) electrons. The first-order valence-electron chi connectivity index (χ1n) is 7.59. The van der Waals surface area contributed by atoms with Gasteiger partial charge in [0.1, 0.15) is 18.0 Å². The predicted octanol–water partition coefficient (Wildman–Crippen LogP) is 0.661. The zero-order chi connectivity index (χ0) is 15.6. The summed E-state index contributed by atoms with van der Waals surface area (Å²) in [6.07, 6.45) is 4.58. The van der Waals surface area contributed by atoms with E-state index < -0.39 is 17.8 Å². The summed E-state index contributed by atoms with van der Waals surface area (Å²) in [5.74, 6) is 0.538. The lowest BCUT2D eigenvalue weighted by atomic mass is 9.68. The molecule has 0 aromatic carbocycles. The van der Waals surface area contributed by atoms with E-state index >= 15 is 0 Å². The molecule has 2 rings (SSSR count). The van der Waals surface area contributed by atoms with Gasteiger partial charge in [-0.15, -0.1) is 0 Å². The first-order valence-corrected chi connectivity index (χ1v) is 7.59. The van der Waals surface area contributed by atoms with Crippen molar-refractivity contribution in [2.75, 3.05) is 27.7 Å². The van der Waals surface area contributed by atoms with Crippen LogP contribution in [0, 0.1) is 5.92 Å².